The van der Waals surface area contributed by atoms with Crippen LogP contribution in [0.3, 0.4) is 0 Å². The van der Waals surface area contributed by atoms with Gasteiger partial charge in [-0.15, -0.1) is 0 Å². The molecule has 1 aliphatic rings. The van der Waals surface area contributed by atoms with E-state index in [1.165, 1.54) is 0 Å². The summed E-state index contributed by atoms with van der Waals surface area (Å²) in [7, 11) is 0. The molecule has 7 nitrogen and oxygen atoms in total. The van der Waals surface area contributed by atoms with Crippen molar-refractivity contribution in [2.45, 2.75) is 51.7 Å². The molecule has 0 saturated carbocycles. The zero-order valence-electron chi connectivity index (χ0n) is 14.2. The van der Waals surface area contributed by atoms with Gasteiger partial charge in [-0.1, -0.05) is 25.1 Å². The van der Waals surface area contributed by atoms with Crippen LogP contribution in [0.4, 0.5) is 0 Å². The van der Waals surface area contributed by atoms with Crippen LogP contribution in [0.15, 0.2) is 28.9 Å². The normalized spacial score (nSPS) is 18.8. The van der Waals surface area contributed by atoms with Gasteiger partial charge in [0.25, 0.3) is 5.91 Å². The number of likely N-dealkylation sites (tertiary alicyclic amines) is 1. The highest BCUT2D eigenvalue weighted by molar-refractivity contribution is 5.81. The van der Waals surface area contributed by atoms with E-state index in [1.807, 2.05) is 19.9 Å². The molecular weight excluding hydrogens is 308 g/mol. The fraction of sp³-hybridized carbons (Fsp3) is 0.529. The van der Waals surface area contributed by atoms with Crippen LogP contribution < -0.4 is 4.74 Å². The molecular formula is C17H22N4O3. The molecule has 3 rings (SSSR count). The minimum Gasteiger partial charge on any atom is -0.465 e. The number of hydrogen-bond donors (Lipinski definition) is 0. The second-order valence-corrected chi connectivity index (χ2v) is 6.26. The first-order valence-electron chi connectivity index (χ1n) is 8.28. The summed E-state index contributed by atoms with van der Waals surface area (Å²) in [5, 5.41) is 4.06. The van der Waals surface area contributed by atoms with Gasteiger partial charge in [0.15, 0.2) is 11.9 Å². The van der Waals surface area contributed by atoms with Crippen LogP contribution in [0, 0.1) is 0 Å². The summed E-state index contributed by atoms with van der Waals surface area (Å²) in [4.78, 5) is 23.1. The lowest BCUT2D eigenvalue weighted by Gasteiger charge is -2.25. The molecule has 128 valence electrons. The van der Waals surface area contributed by atoms with E-state index in [1.54, 1.807) is 30.2 Å². The molecule has 1 saturated heterocycles. The van der Waals surface area contributed by atoms with Gasteiger partial charge in [-0.25, -0.2) is 4.98 Å². The number of aromatic nitrogens is 3. The highest BCUT2D eigenvalue weighted by atomic mass is 16.5. The third kappa shape index (κ3) is 3.39. The van der Waals surface area contributed by atoms with Crippen LogP contribution in [0.1, 0.15) is 57.3 Å². The number of nitrogens with zero attached hydrogens (tertiary/aromatic N) is 4. The SMILES string of the molecule is CC(Oc1ccccn1)C(=O)N1CCCC1c1noc(C(C)C)n1. The average Bonchev–Trinajstić information content (AvgIpc) is 3.24. The molecule has 0 spiro atoms. The Labute approximate surface area is 141 Å². The molecule has 2 unspecified atom stereocenters. The van der Waals surface area contributed by atoms with E-state index in [0.29, 0.717) is 24.1 Å². The van der Waals surface area contributed by atoms with Crippen molar-refractivity contribution in [3.63, 3.8) is 0 Å². The summed E-state index contributed by atoms with van der Waals surface area (Å²) in [6.07, 6.45) is 2.77. The highest BCUT2D eigenvalue weighted by Crippen LogP contribution is 2.31. The van der Waals surface area contributed by atoms with Crippen LogP contribution in [-0.2, 0) is 4.79 Å². The summed E-state index contributed by atoms with van der Waals surface area (Å²) in [6.45, 7) is 6.41. The molecule has 1 fully saturated rings. The molecule has 0 N–H and O–H groups in total. The zero-order valence-corrected chi connectivity index (χ0v) is 14.2. The lowest BCUT2D eigenvalue weighted by molar-refractivity contribution is -0.139. The Morgan fingerprint density at radius 1 is 1.38 bits per heavy atom. The third-order valence-electron chi connectivity index (χ3n) is 4.07. The first-order valence-corrected chi connectivity index (χ1v) is 8.28. The molecule has 0 aliphatic carbocycles. The number of hydrogen-bond acceptors (Lipinski definition) is 6. The van der Waals surface area contributed by atoms with Gasteiger partial charge in [-0.2, -0.15) is 4.98 Å². The molecule has 0 aromatic carbocycles. The smallest absolute Gasteiger partial charge is 0.264 e. The van der Waals surface area contributed by atoms with Crippen molar-refractivity contribution in [1.82, 2.24) is 20.0 Å². The van der Waals surface area contributed by atoms with Gasteiger partial charge in [-0.3, -0.25) is 4.79 Å². The Morgan fingerprint density at radius 3 is 2.88 bits per heavy atom. The van der Waals surface area contributed by atoms with Crippen LogP contribution in [0.2, 0.25) is 0 Å². The maximum absolute atomic E-state index is 12.8. The Bertz CT molecular complexity index is 686. The van der Waals surface area contributed by atoms with Crippen molar-refractivity contribution in [2.24, 2.45) is 0 Å². The number of carbonyl (C=O) groups excluding carboxylic acids is 1. The Balaban J connectivity index is 1.70. The van der Waals surface area contributed by atoms with Crippen LogP contribution in [0.5, 0.6) is 5.88 Å². The number of amides is 1. The van der Waals surface area contributed by atoms with Crippen molar-refractivity contribution < 1.29 is 14.1 Å². The highest BCUT2D eigenvalue weighted by Gasteiger charge is 2.36. The molecule has 0 radical (unpaired) electrons. The van der Waals surface area contributed by atoms with E-state index in [9.17, 15) is 4.79 Å². The summed E-state index contributed by atoms with van der Waals surface area (Å²) >= 11 is 0. The van der Waals surface area contributed by atoms with Gasteiger partial charge in [0.05, 0.1) is 6.04 Å². The molecule has 1 amide bonds. The Morgan fingerprint density at radius 2 is 2.21 bits per heavy atom. The maximum Gasteiger partial charge on any atom is 0.264 e. The predicted octanol–water partition coefficient (Wildman–Crippen LogP) is 2.72. The number of rotatable bonds is 5. The molecule has 7 heteroatoms. The Kier molecular flexibility index (Phi) is 4.78. The van der Waals surface area contributed by atoms with E-state index >= 15 is 0 Å². The molecule has 2 aromatic rings. The van der Waals surface area contributed by atoms with Crippen LogP contribution in [-0.4, -0.2) is 38.6 Å². The van der Waals surface area contributed by atoms with Gasteiger partial charge in [0, 0.05) is 24.7 Å². The minimum atomic E-state index is -0.614. The minimum absolute atomic E-state index is 0.0842. The summed E-state index contributed by atoms with van der Waals surface area (Å²) in [5.74, 6) is 1.70. The van der Waals surface area contributed by atoms with Gasteiger partial charge in [0.2, 0.25) is 11.8 Å². The first-order chi connectivity index (χ1) is 11.6. The fourth-order valence-electron chi connectivity index (χ4n) is 2.80. The number of carbonyl (C=O) groups is 1. The van der Waals surface area contributed by atoms with Crippen molar-refractivity contribution >= 4 is 5.91 Å². The largest absolute Gasteiger partial charge is 0.465 e. The van der Waals surface area contributed by atoms with Crippen molar-refractivity contribution in [2.75, 3.05) is 6.54 Å². The first kappa shape index (κ1) is 16.4. The summed E-state index contributed by atoms with van der Waals surface area (Å²) in [5.41, 5.74) is 0. The third-order valence-corrected chi connectivity index (χ3v) is 4.07. The zero-order chi connectivity index (χ0) is 17.1. The van der Waals surface area contributed by atoms with E-state index in [4.69, 9.17) is 9.26 Å². The standard InChI is InChI=1S/C17H22N4O3/c1-11(2)16-19-15(20-24-16)13-7-6-10-21(13)17(22)12(3)23-14-8-4-5-9-18-14/h4-5,8-9,11-13H,6-7,10H2,1-3H3. The van der Waals surface area contributed by atoms with E-state index in [2.05, 4.69) is 15.1 Å². The lowest BCUT2D eigenvalue weighted by atomic mass is 10.2. The second kappa shape index (κ2) is 6.98. The van der Waals surface area contributed by atoms with Crippen LogP contribution in [0.25, 0.3) is 0 Å². The molecule has 24 heavy (non-hydrogen) atoms. The molecule has 0 bridgehead atoms. The number of pyridine rings is 1. The van der Waals surface area contributed by atoms with E-state index < -0.39 is 6.10 Å². The van der Waals surface area contributed by atoms with E-state index in [-0.39, 0.29) is 17.9 Å². The van der Waals surface area contributed by atoms with Gasteiger partial charge < -0.3 is 14.2 Å². The van der Waals surface area contributed by atoms with Gasteiger partial charge in [0.1, 0.15) is 0 Å². The maximum atomic E-state index is 12.8. The molecule has 3 heterocycles. The molecule has 2 aromatic heterocycles. The monoisotopic (exact) mass is 330 g/mol. The van der Waals surface area contributed by atoms with E-state index in [0.717, 1.165) is 12.8 Å². The fourth-order valence-corrected chi connectivity index (χ4v) is 2.80. The summed E-state index contributed by atoms with van der Waals surface area (Å²) < 4.78 is 10.9. The van der Waals surface area contributed by atoms with Crippen molar-refractivity contribution in [3.8, 4) is 5.88 Å². The Hall–Kier alpha value is -2.44. The topological polar surface area (TPSA) is 81.4 Å². The quantitative estimate of drug-likeness (QED) is 0.838. The lowest BCUT2D eigenvalue weighted by Crippen LogP contribution is -2.40. The molecule has 2 atom stereocenters. The van der Waals surface area contributed by atoms with Crippen LogP contribution >= 0.6 is 0 Å². The van der Waals surface area contributed by atoms with Gasteiger partial charge >= 0.3 is 0 Å². The average molecular weight is 330 g/mol. The predicted molar refractivity (Wildman–Crippen MR) is 86.4 cm³/mol. The number of ether oxygens (including phenoxy) is 1. The van der Waals surface area contributed by atoms with Gasteiger partial charge in [-0.05, 0) is 25.8 Å². The molecule has 1 aliphatic heterocycles. The van der Waals surface area contributed by atoms with Crippen molar-refractivity contribution in [3.05, 3.63) is 36.1 Å². The van der Waals surface area contributed by atoms with Crippen molar-refractivity contribution in [1.29, 1.82) is 0 Å². The summed E-state index contributed by atoms with van der Waals surface area (Å²) in [6, 6.07) is 5.21. The second-order valence-electron chi connectivity index (χ2n) is 6.26.